The number of likely N-dealkylation sites (tertiary alicyclic amines) is 1. The molecule has 1 saturated heterocycles. The molecule has 0 bridgehead atoms. The molecule has 2 aromatic carbocycles. The van der Waals surface area contributed by atoms with E-state index in [0.717, 1.165) is 26.1 Å². The number of oxazole rings is 1. The second-order valence-electron chi connectivity index (χ2n) is 10.4. The molecule has 2 atom stereocenters. The average Bonchev–Trinajstić information content (AvgIpc) is 3.34. The monoisotopic (exact) mass is 494 g/mol. The van der Waals surface area contributed by atoms with Gasteiger partial charge in [0.2, 0.25) is 5.91 Å². The number of aromatic nitrogens is 1. The van der Waals surface area contributed by atoms with Crippen LogP contribution in [0.5, 0.6) is 0 Å². The Morgan fingerprint density at radius 3 is 2.67 bits per heavy atom. The van der Waals surface area contributed by atoms with E-state index in [4.69, 9.17) is 9.15 Å². The van der Waals surface area contributed by atoms with E-state index >= 15 is 0 Å². The lowest BCUT2D eigenvalue weighted by Crippen LogP contribution is -2.43. The summed E-state index contributed by atoms with van der Waals surface area (Å²) in [7, 11) is 0. The normalized spacial score (nSPS) is 18.3. The van der Waals surface area contributed by atoms with Crippen LogP contribution >= 0.6 is 0 Å². The zero-order valence-corrected chi connectivity index (χ0v) is 21.0. The Morgan fingerprint density at radius 2 is 1.92 bits per heavy atom. The maximum atomic E-state index is 12.5. The molecular weight excluding hydrogens is 460 g/mol. The summed E-state index contributed by atoms with van der Waals surface area (Å²) < 4.78 is 10.5. The Kier molecular flexibility index (Phi) is 7.79. The Hall–Kier alpha value is -3.59. The highest BCUT2D eigenvalue weighted by atomic mass is 16.6. The van der Waals surface area contributed by atoms with Crippen molar-refractivity contribution < 1.29 is 18.7 Å². The number of anilines is 1. The van der Waals surface area contributed by atoms with Gasteiger partial charge < -0.3 is 19.8 Å². The zero-order valence-electron chi connectivity index (χ0n) is 21.0. The van der Waals surface area contributed by atoms with E-state index in [-0.39, 0.29) is 17.9 Å². The third kappa shape index (κ3) is 7.21. The summed E-state index contributed by atoms with van der Waals surface area (Å²) in [5.74, 6) is -0.427. The number of ether oxygens (including phenoxy) is 1. The van der Waals surface area contributed by atoms with Gasteiger partial charge in [0.05, 0.1) is 5.52 Å². The van der Waals surface area contributed by atoms with E-state index in [2.05, 4.69) is 32.7 Å². The first-order valence-corrected chi connectivity index (χ1v) is 12.3. The van der Waals surface area contributed by atoms with Crippen LogP contribution in [0, 0.1) is 5.92 Å². The van der Waals surface area contributed by atoms with Gasteiger partial charge in [-0.05, 0) is 57.2 Å². The van der Waals surface area contributed by atoms with Crippen molar-refractivity contribution >= 4 is 28.8 Å². The molecule has 1 aliphatic heterocycles. The Bertz CT molecular complexity index is 1240. The molecule has 0 spiro atoms. The Labute approximate surface area is 210 Å². The van der Waals surface area contributed by atoms with Crippen LogP contribution in [0.3, 0.4) is 0 Å². The number of nitrogens with zero attached hydrogens (tertiary/aromatic N) is 1. The molecular formula is C27H34N4O5. The van der Waals surface area contributed by atoms with Crippen molar-refractivity contribution in [3.05, 3.63) is 64.6 Å². The molecule has 1 aromatic heterocycles. The minimum absolute atomic E-state index is 0.0504. The number of aromatic amines is 1. The van der Waals surface area contributed by atoms with Gasteiger partial charge in [-0.2, -0.15) is 0 Å². The van der Waals surface area contributed by atoms with Crippen molar-refractivity contribution in [3.63, 3.8) is 0 Å². The number of rotatable bonds is 8. The maximum Gasteiger partial charge on any atom is 0.417 e. The average molecular weight is 495 g/mol. The standard InChI is InChI=1S/C27H34N4O5/c1-27(2,3)36-26(34)30-22-17-31(15-18-8-5-4-6-9-18)16-19(22)10-7-11-24(32)28-20-12-13-21-23(14-20)35-25(33)29-21/h4-6,8-9,12-14,19,22H,7,10-11,15-17H2,1-3H3,(H,28,32)(H,29,33)(H,30,34)/t19-,22+/m1/s1. The van der Waals surface area contributed by atoms with Gasteiger partial charge in [0.25, 0.3) is 0 Å². The number of H-pyrrole nitrogens is 1. The number of carbonyl (C=O) groups is 2. The van der Waals surface area contributed by atoms with E-state index in [0.29, 0.717) is 29.6 Å². The molecule has 2 amide bonds. The molecule has 9 heteroatoms. The molecule has 2 heterocycles. The summed E-state index contributed by atoms with van der Waals surface area (Å²) in [6.07, 6.45) is 1.42. The van der Waals surface area contributed by atoms with E-state index in [1.165, 1.54) is 5.56 Å². The smallest absolute Gasteiger partial charge is 0.417 e. The predicted molar refractivity (Wildman–Crippen MR) is 138 cm³/mol. The van der Waals surface area contributed by atoms with Gasteiger partial charge in [0.15, 0.2) is 5.58 Å². The van der Waals surface area contributed by atoms with E-state index in [9.17, 15) is 14.4 Å². The van der Waals surface area contributed by atoms with Crippen molar-refractivity contribution in [2.45, 2.75) is 58.2 Å². The highest BCUT2D eigenvalue weighted by Crippen LogP contribution is 2.25. The van der Waals surface area contributed by atoms with Gasteiger partial charge in [-0.15, -0.1) is 0 Å². The van der Waals surface area contributed by atoms with Crippen LogP contribution in [-0.2, 0) is 16.1 Å². The van der Waals surface area contributed by atoms with Gasteiger partial charge in [0, 0.05) is 43.9 Å². The lowest BCUT2D eigenvalue weighted by Gasteiger charge is -2.24. The molecule has 36 heavy (non-hydrogen) atoms. The third-order valence-electron chi connectivity index (χ3n) is 6.15. The van der Waals surface area contributed by atoms with Crippen molar-refractivity contribution in [2.75, 3.05) is 18.4 Å². The number of hydrogen-bond donors (Lipinski definition) is 3. The highest BCUT2D eigenvalue weighted by molar-refractivity contribution is 5.92. The fourth-order valence-corrected chi connectivity index (χ4v) is 4.62. The van der Waals surface area contributed by atoms with Gasteiger partial charge >= 0.3 is 11.8 Å². The summed E-state index contributed by atoms with van der Waals surface area (Å²) >= 11 is 0. The zero-order chi connectivity index (χ0) is 25.7. The summed E-state index contributed by atoms with van der Waals surface area (Å²) in [6.45, 7) is 7.91. The molecule has 0 aliphatic carbocycles. The molecule has 0 radical (unpaired) electrons. The van der Waals surface area contributed by atoms with Gasteiger partial charge in [-0.3, -0.25) is 14.7 Å². The van der Waals surface area contributed by atoms with Crippen LogP contribution in [0.15, 0.2) is 57.7 Å². The van der Waals surface area contributed by atoms with Crippen LogP contribution in [0.2, 0.25) is 0 Å². The first-order valence-electron chi connectivity index (χ1n) is 12.3. The molecule has 3 N–H and O–H groups in total. The van der Waals surface area contributed by atoms with Crippen molar-refractivity contribution in [3.8, 4) is 0 Å². The SMILES string of the molecule is CC(C)(C)OC(=O)N[C@H]1CN(Cc2ccccc2)C[C@H]1CCCC(=O)Nc1ccc2[nH]c(=O)oc2c1. The van der Waals surface area contributed by atoms with Crippen molar-refractivity contribution in [2.24, 2.45) is 5.92 Å². The van der Waals surface area contributed by atoms with Gasteiger partial charge in [-0.1, -0.05) is 30.3 Å². The number of nitrogens with one attached hydrogen (secondary N) is 3. The van der Waals surface area contributed by atoms with Gasteiger partial charge in [-0.25, -0.2) is 9.59 Å². The first-order chi connectivity index (χ1) is 17.1. The molecule has 3 aromatic rings. The first kappa shape index (κ1) is 25.5. The molecule has 0 unspecified atom stereocenters. The Balaban J connectivity index is 1.32. The second-order valence-corrected chi connectivity index (χ2v) is 10.4. The predicted octanol–water partition coefficient (Wildman–Crippen LogP) is 4.26. The molecule has 0 saturated carbocycles. The minimum Gasteiger partial charge on any atom is -0.444 e. The van der Waals surface area contributed by atoms with Crippen molar-refractivity contribution in [1.82, 2.24) is 15.2 Å². The molecule has 192 valence electrons. The molecule has 1 aliphatic rings. The van der Waals surface area contributed by atoms with Crippen LogP contribution in [0.1, 0.15) is 45.6 Å². The topological polar surface area (TPSA) is 117 Å². The number of benzene rings is 2. The summed E-state index contributed by atoms with van der Waals surface area (Å²) in [6, 6.07) is 15.3. The Morgan fingerprint density at radius 1 is 1.14 bits per heavy atom. The second kappa shape index (κ2) is 11.0. The fourth-order valence-electron chi connectivity index (χ4n) is 4.62. The van der Waals surface area contributed by atoms with Crippen LogP contribution < -0.4 is 16.4 Å². The van der Waals surface area contributed by atoms with E-state index < -0.39 is 17.5 Å². The highest BCUT2D eigenvalue weighted by Gasteiger charge is 2.34. The summed E-state index contributed by atoms with van der Waals surface area (Å²) in [5.41, 5.74) is 2.23. The summed E-state index contributed by atoms with van der Waals surface area (Å²) in [5, 5.41) is 5.92. The number of hydrogen-bond acceptors (Lipinski definition) is 6. The number of amides is 2. The fraction of sp³-hybridized carbons (Fsp3) is 0.444. The third-order valence-corrected chi connectivity index (χ3v) is 6.15. The van der Waals surface area contributed by atoms with Gasteiger partial charge in [0.1, 0.15) is 5.60 Å². The quantitative estimate of drug-likeness (QED) is 0.431. The maximum absolute atomic E-state index is 12.5. The van der Waals surface area contributed by atoms with Crippen LogP contribution in [0.4, 0.5) is 10.5 Å². The van der Waals surface area contributed by atoms with Crippen LogP contribution in [0.25, 0.3) is 11.1 Å². The lowest BCUT2D eigenvalue weighted by atomic mass is 9.97. The molecule has 1 fully saturated rings. The molecule has 9 nitrogen and oxygen atoms in total. The lowest BCUT2D eigenvalue weighted by molar-refractivity contribution is -0.116. The minimum atomic E-state index is -0.564. The van der Waals surface area contributed by atoms with E-state index in [1.54, 1.807) is 18.2 Å². The van der Waals surface area contributed by atoms with Crippen molar-refractivity contribution in [1.29, 1.82) is 0 Å². The summed E-state index contributed by atoms with van der Waals surface area (Å²) in [4.78, 5) is 41.2. The molecule has 4 rings (SSSR count). The van der Waals surface area contributed by atoms with E-state index in [1.807, 2.05) is 39.0 Å². The number of carbonyl (C=O) groups excluding carboxylic acids is 2. The van der Waals surface area contributed by atoms with Crippen LogP contribution in [-0.4, -0.2) is 46.6 Å². The number of fused-ring (bicyclic) bond motifs is 1. The number of alkyl carbamates (subject to hydrolysis) is 1. The largest absolute Gasteiger partial charge is 0.444 e.